The van der Waals surface area contributed by atoms with Crippen LogP contribution in [0.3, 0.4) is 0 Å². The number of hydrogen-bond acceptors (Lipinski definition) is 7. The fraction of sp³-hybridized carbons (Fsp3) is 0.250. The lowest BCUT2D eigenvalue weighted by molar-refractivity contribution is -0.123. The van der Waals surface area contributed by atoms with Crippen molar-refractivity contribution in [2.45, 2.75) is 19.4 Å². The minimum Gasteiger partial charge on any atom is -0.497 e. The van der Waals surface area contributed by atoms with Gasteiger partial charge in [0, 0.05) is 6.54 Å². The molecule has 0 aliphatic carbocycles. The van der Waals surface area contributed by atoms with Crippen LogP contribution in [0.1, 0.15) is 18.1 Å². The van der Waals surface area contributed by atoms with Crippen LogP contribution in [0.25, 0.3) is 0 Å². The van der Waals surface area contributed by atoms with Crippen molar-refractivity contribution in [1.29, 1.82) is 0 Å². The molecule has 206 valence electrons. The Hall–Kier alpha value is -4.38. The Balaban J connectivity index is 1.48. The monoisotopic (exact) mass is 552 g/mol. The van der Waals surface area contributed by atoms with Crippen molar-refractivity contribution in [2.75, 3.05) is 30.8 Å². The lowest BCUT2D eigenvalue weighted by Gasteiger charge is -2.27. The Bertz CT molecular complexity index is 1360. The van der Waals surface area contributed by atoms with Crippen LogP contribution >= 0.6 is 0 Å². The van der Waals surface area contributed by atoms with Crippen molar-refractivity contribution >= 4 is 33.7 Å². The van der Waals surface area contributed by atoms with Gasteiger partial charge in [-0.2, -0.15) is 5.10 Å². The van der Waals surface area contributed by atoms with E-state index >= 15 is 0 Å². The summed E-state index contributed by atoms with van der Waals surface area (Å²) in [5.74, 6) is 0.246. The molecular formula is C28H32N4O6S. The van der Waals surface area contributed by atoms with Crippen LogP contribution in [0.2, 0.25) is 0 Å². The first-order valence-corrected chi connectivity index (χ1v) is 14.0. The molecule has 0 spiro atoms. The molecule has 3 aromatic carbocycles. The van der Waals surface area contributed by atoms with Gasteiger partial charge in [-0.15, -0.1) is 0 Å². The van der Waals surface area contributed by atoms with Crippen LogP contribution in [-0.4, -0.2) is 59.0 Å². The zero-order valence-electron chi connectivity index (χ0n) is 22.0. The molecule has 0 aliphatic heterocycles. The minimum absolute atomic E-state index is 0.110. The van der Waals surface area contributed by atoms with E-state index in [9.17, 15) is 18.0 Å². The highest BCUT2D eigenvalue weighted by Gasteiger charge is 2.29. The topological polar surface area (TPSA) is 126 Å². The van der Waals surface area contributed by atoms with Gasteiger partial charge in [-0.25, -0.2) is 13.8 Å². The Morgan fingerprint density at radius 2 is 1.62 bits per heavy atom. The van der Waals surface area contributed by atoms with Crippen LogP contribution in [0.5, 0.6) is 11.5 Å². The van der Waals surface area contributed by atoms with Gasteiger partial charge in [0.15, 0.2) is 6.61 Å². The molecule has 0 unspecified atom stereocenters. The molecule has 3 aromatic rings. The highest BCUT2D eigenvalue weighted by atomic mass is 32.2. The second-order valence-electron chi connectivity index (χ2n) is 8.61. The first-order chi connectivity index (χ1) is 18.7. The number of hydrazone groups is 1. The quantitative estimate of drug-likeness (QED) is 0.248. The molecule has 0 fully saturated rings. The summed E-state index contributed by atoms with van der Waals surface area (Å²) in [7, 11) is -2.25. The fourth-order valence-electron chi connectivity index (χ4n) is 3.64. The molecule has 1 atom stereocenters. The van der Waals surface area contributed by atoms with Gasteiger partial charge < -0.3 is 14.8 Å². The maximum atomic E-state index is 12.7. The standard InChI is InChI=1S/C28H32N4O6S/c1-21(32(39(3,35)36)24-11-15-25(37-2)16-12-24)28(34)31-30-19-23-9-13-26(14-10-23)38-20-27(33)29-18-17-22-7-5-4-6-8-22/h4-16,19,21H,17-18,20H2,1-3H3,(H,29,33)(H,31,34)/b30-19-/t21-/m1/s1. The lowest BCUT2D eigenvalue weighted by atomic mass is 10.1. The molecule has 0 bridgehead atoms. The molecular weight excluding hydrogens is 520 g/mol. The smallest absolute Gasteiger partial charge is 0.263 e. The molecule has 0 aromatic heterocycles. The second-order valence-corrected chi connectivity index (χ2v) is 10.5. The molecule has 0 saturated carbocycles. The van der Waals surface area contributed by atoms with Crippen LogP contribution < -0.4 is 24.5 Å². The highest BCUT2D eigenvalue weighted by molar-refractivity contribution is 7.92. The lowest BCUT2D eigenvalue weighted by Crippen LogP contribution is -2.46. The summed E-state index contributed by atoms with van der Waals surface area (Å²) in [6, 6.07) is 21.9. The van der Waals surface area contributed by atoms with Gasteiger partial charge in [-0.05, 0) is 73.0 Å². The maximum absolute atomic E-state index is 12.7. The summed E-state index contributed by atoms with van der Waals surface area (Å²) >= 11 is 0. The van der Waals surface area contributed by atoms with Gasteiger partial charge in [0.2, 0.25) is 10.0 Å². The van der Waals surface area contributed by atoms with Crippen LogP contribution in [-0.2, 0) is 26.0 Å². The molecule has 10 nitrogen and oxygen atoms in total. The number of nitrogens with one attached hydrogen (secondary N) is 2. The van der Waals surface area contributed by atoms with Gasteiger partial charge in [-0.1, -0.05) is 30.3 Å². The molecule has 0 saturated heterocycles. The van der Waals surface area contributed by atoms with Gasteiger partial charge in [-0.3, -0.25) is 13.9 Å². The van der Waals surface area contributed by atoms with Crippen molar-refractivity contribution in [3.8, 4) is 11.5 Å². The summed E-state index contributed by atoms with van der Waals surface area (Å²) in [4.78, 5) is 24.7. The molecule has 0 aliphatic rings. The Morgan fingerprint density at radius 3 is 2.23 bits per heavy atom. The third kappa shape index (κ3) is 9.15. The Kier molecular flexibility index (Phi) is 10.4. The maximum Gasteiger partial charge on any atom is 0.263 e. The summed E-state index contributed by atoms with van der Waals surface area (Å²) in [6.45, 7) is 1.88. The van der Waals surface area contributed by atoms with Gasteiger partial charge in [0.1, 0.15) is 17.5 Å². The minimum atomic E-state index is -3.76. The number of anilines is 1. The molecule has 3 rings (SSSR count). The number of benzene rings is 3. The zero-order valence-corrected chi connectivity index (χ0v) is 22.9. The fourth-order valence-corrected chi connectivity index (χ4v) is 4.82. The zero-order chi connectivity index (χ0) is 28.3. The largest absolute Gasteiger partial charge is 0.497 e. The SMILES string of the molecule is COc1ccc(N([C@H](C)C(=O)N/N=C\c2ccc(OCC(=O)NCCc3ccccc3)cc2)S(C)(=O)=O)cc1. The van der Waals surface area contributed by atoms with E-state index < -0.39 is 22.0 Å². The van der Waals surface area contributed by atoms with E-state index in [0.717, 1.165) is 22.5 Å². The first-order valence-electron chi connectivity index (χ1n) is 12.2. The number of sulfonamides is 1. The normalized spacial score (nSPS) is 12.0. The van der Waals surface area contributed by atoms with Crippen LogP contribution in [0.4, 0.5) is 5.69 Å². The predicted octanol–water partition coefficient (Wildman–Crippen LogP) is 2.74. The first kappa shape index (κ1) is 29.2. The van der Waals surface area contributed by atoms with Crippen LogP contribution in [0.15, 0.2) is 84.0 Å². The third-order valence-electron chi connectivity index (χ3n) is 5.63. The number of carbonyl (C=O) groups excluding carboxylic acids is 2. The molecule has 39 heavy (non-hydrogen) atoms. The predicted molar refractivity (Wildman–Crippen MR) is 151 cm³/mol. The number of nitrogens with zero attached hydrogens (tertiary/aromatic N) is 2. The van der Waals surface area contributed by atoms with E-state index in [4.69, 9.17) is 9.47 Å². The third-order valence-corrected chi connectivity index (χ3v) is 6.87. The summed E-state index contributed by atoms with van der Waals surface area (Å²) < 4.78 is 36.4. The van der Waals surface area contributed by atoms with Crippen LogP contribution in [0, 0.1) is 0 Å². The van der Waals surface area contributed by atoms with Crippen molar-refractivity contribution in [2.24, 2.45) is 5.10 Å². The average Bonchev–Trinajstić information content (AvgIpc) is 2.93. The molecule has 0 radical (unpaired) electrons. The molecule has 2 N–H and O–H groups in total. The Morgan fingerprint density at radius 1 is 0.974 bits per heavy atom. The van der Waals surface area contributed by atoms with E-state index in [1.54, 1.807) is 48.5 Å². The second kappa shape index (κ2) is 14.0. The van der Waals surface area contributed by atoms with E-state index in [1.807, 2.05) is 30.3 Å². The van der Waals surface area contributed by atoms with E-state index in [2.05, 4.69) is 15.8 Å². The summed E-state index contributed by atoms with van der Waals surface area (Å²) in [5.41, 5.74) is 4.51. The van der Waals surface area contributed by atoms with E-state index in [-0.39, 0.29) is 12.5 Å². The summed E-state index contributed by atoms with van der Waals surface area (Å²) in [6.07, 6.45) is 3.19. The number of methoxy groups -OCH3 is 1. The van der Waals surface area contributed by atoms with Gasteiger partial charge >= 0.3 is 0 Å². The van der Waals surface area contributed by atoms with Gasteiger partial charge in [0.05, 0.1) is 25.3 Å². The van der Waals surface area contributed by atoms with Gasteiger partial charge in [0.25, 0.3) is 11.8 Å². The van der Waals surface area contributed by atoms with Crippen molar-refractivity contribution < 1.29 is 27.5 Å². The highest BCUT2D eigenvalue weighted by Crippen LogP contribution is 2.23. The number of ether oxygens (including phenoxy) is 2. The van der Waals surface area contributed by atoms with E-state index in [0.29, 0.717) is 29.3 Å². The number of hydrogen-bond donors (Lipinski definition) is 2. The number of rotatable bonds is 13. The molecule has 0 heterocycles. The van der Waals surface area contributed by atoms with Crippen molar-refractivity contribution in [1.82, 2.24) is 10.7 Å². The Labute approximate surface area is 228 Å². The van der Waals surface area contributed by atoms with Crippen molar-refractivity contribution in [3.05, 3.63) is 90.0 Å². The summed E-state index contributed by atoms with van der Waals surface area (Å²) in [5, 5.41) is 6.76. The van der Waals surface area contributed by atoms with E-state index in [1.165, 1.54) is 20.2 Å². The van der Waals surface area contributed by atoms with Crippen molar-refractivity contribution in [3.63, 3.8) is 0 Å². The number of amides is 2. The number of carbonyl (C=O) groups is 2. The molecule has 2 amide bonds. The molecule has 11 heteroatoms. The average molecular weight is 553 g/mol.